The van der Waals surface area contributed by atoms with Crippen LogP contribution in [0.4, 0.5) is 25.8 Å². The van der Waals surface area contributed by atoms with Gasteiger partial charge >= 0.3 is 0 Å². The summed E-state index contributed by atoms with van der Waals surface area (Å²) in [4.78, 5) is 16.3. The Morgan fingerprint density at radius 3 is 2.52 bits per heavy atom. The van der Waals surface area contributed by atoms with Gasteiger partial charge in [0.1, 0.15) is 18.0 Å². The van der Waals surface area contributed by atoms with Crippen LogP contribution in [0.3, 0.4) is 0 Å². The zero-order chi connectivity index (χ0) is 24.0. The number of aromatic nitrogens is 2. The third-order valence-corrected chi connectivity index (χ3v) is 6.85. The number of benzene rings is 2. The number of nitrogens with zero attached hydrogens (tertiary/aromatic N) is 2. The summed E-state index contributed by atoms with van der Waals surface area (Å²) < 4.78 is 58.5. The molecule has 0 radical (unpaired) electrons. The molecule has 1 amide bonds. The van der Waals surface area contributed by atoms with Crippen molar-refractivity contribution < 1.29 is 22.0 Å². The number of likely N-dealkylation sites (N-methyl/N-ethyl adjacent to an activating group) is 1. The minimum Gasteiger partial charge on any atom is -0.383 e. The minimum absolute atomic E-state index is 0.164. The van der Waals surface area contributed by atoms with Gasteiger partial charge in [-0.05, 0) is 36.3 Å². The lowest BCUT2D eigenvalue weighted by molar-refractivity contribution is 0.102. The second-order valence-electron chi connectivity index (χ2n) is 6.55. The van der Waals surface area contributed by atoms with Crippen LogP contribution in [0.25, 0.3) is 0 Å². The molecule has 0 bridgehead atoms. The maximum atomic E-state index is 14.6. The van der Waals surface area contributed by atoms with Gasteiger partial charge in [0.05, 0.1) is 16.9 Å². The van der Waals surface area contributed by atoms with E-state index >= 15 is 0 Å². The SMILES string of the molecule is CCNCCNc1cc(Cl)ccc1C(=O)Nc1cc(F)c(NS(=O)(=O)c2ncns2)cc1F. The van der Waals surface area contributed by atoms with E-state index in [1.54, 1.807) is 6.07 Å². The average molecular weight is 517 g/mol. The van der Waals surface area contributed by atoms with Crippen molar-refractivity contribution >= 4 is 56.1 Å². The van der Waals surface area contributed by atoms with Crippen molar-refractivity contribution in [3.8, 4) is 0 Å². The number of sulfonamides is 1. The Bertz CT molecular complexity index is 1240. The van der Waals surface area contributed by atoms with Crippen LogP contribution >= 0.6 is 23.1 Å². The van der Waals surface area contributed by atoms with Crippen molar-refractivity contribution in [2.75, 3.05) is 35.0 Å². The number of halogens is 3. The van der Waals surface area contributed by atoms with Gasteiger partial charge in [-0.1, -0.05) is 18.5 Å². The smallest absolute Gasteiger partial charge is 0.290 e. The zero-order valence-electron chi connectivity index (χ0n) is 17.2. The van der Waals surface area contributed by atoms with Gasteiger partial charge in [0.25, 0.3) is 15.9 Å². The molecule has 1 aromatic heterocycles. The highest BCUT2D eigenvalue weighted by atomic mass is 35.5. The number of carbonyl (C=O) groups excluding carboxylic acids is 1. The average Bonchev–Trinajstić information content (AvgIpc) is 3.31. The van der Waals surface area contributed by atoms with E-state index in [0.717, 1.165) is 12.9 Å². The molecule has 0 unspecified atom stereocenters. The molecule has 0 saturated heterocycles. The monoisotopic (exact) mass is 516 g/mol. The summed E-state index contributed by atoms with van der Waals surface area (Å²) in [5, 5.41) is 8.88. The highest BCUT2D eigenvalue weighted by molar-refractivity contribution is 7.94. The fourth-order valence-electron chi connectivity index (χ4n) is 2.70. The molecule has 0 aliphatic carbocycles. The zero-order valence-corrected chi connectivity index (χ0v) is 19.5. The Labute approximate surface area is 197 Å². The third-order valence-electron chi connectivity index (χ3n) is 4.21. The highest BCUT2D eigenvalue weighted by Gasteiger charge is 2.22. The topological polar surface area (TPSA) is 125 Å². The van der Waals surface area contributed by atoms with Crippen LogP contribution in [0, 0.1) is 11.6 Å². The summed E-state index contributed by atoms with van der Waals surface area (Å²) in [5.74, 6) is -2.85. The van der Waals surface area contributed by atoms with E-state index in [0.29, 0.717) is 47.5 Å². The van der Waals surface area contributed by atoms with E-state index in [4.69, 9.17) is 11.6 Å². The molecule has 3 rings (SSSR count). The van der Waals surface area contributed by atoms with Gasteiger partial charge in [-0.15, -0.1) is 0 Å². The van der Waals surface area contributed by atoms with Gasteiger partial charge in [-0.25, -0.2) is 13.8 Å². The van der Waals surface area contributed by atoms with E-state index in [2.05, 4.69) is 25.3 Å². The molecule has 9 nitrogen and oxygen atoms in total. The molecule has 2 aromatic carbocycles. The van der Waals surface area contributed by atoms with Crippen molar-refractivity contribution in [2.24, 2.45) is 0 Å². The molecule has 4 N–H and O–H groups in total. The number of anilines is 3. The highest BCUT2D eigenvalue weighted by Crippen LogP contribution is 2.27. The molecule has 14 heteroatoms. The summed E-state index contributed by atoms with van der Waals surface area (Å²) >= 11 is 6.59. The van der Waals surface area contributed by atoms with E-state index in [1.165, 1.54) is 12.1 Å². The predicted octanol–water partition coefficient (Wildman–Crippen LogP) is 3.54. The Morgan fingerprint density at radius 2 is 1.82 bits per heavy atom. The van der Waals surface area contributed by atoms with Crippen LogP contribution in [-0.2, 0) is 10.0 Å². The van der Waals surface area contributed by atoms with Crippen LogP contribution in [0.2, 0.25) is 5.02 Å². The first kappa shape index (κ1) is 24.8. The van der Waals surface area contributed by atoms with Crippen LogP contribution in [0.15, 0.2) is 41.0 Å². The number of hydrogen-bond acceptors (Lipinski definition) is 8. The Balaban J connectivity index is 1.79. The lowest BCUT2D eigenvalue weighted by atomic mass is 10.1. The molecule has 1 heterocycles. The first-order chi connectivity index (χ1) is 15.7. The Hall–Kier alpha value is -2.87. The van der Waals surface area contributed by atoms with Crippen LogP contribution in [0.1, 0.15) is 17.3 Å². The Morgan fingerprint density at radius 1 is 1.09 bits per heavy atom. The molecule has 0 fully saturated rings. The van der Waals surface area contributed by atoms with Crippen LogP contribution < -0.4 is 20.7 Å². The molecule has 0 saturated carbocycles. The number of nitrogens with one attached hydrogen (secondary N) is 4. The second kappa shape index (κ2) is 10.8. The third kappa shape index (κ3) is 6.35. The summed E-state index contributed by atoms with van der Waals surface area (Å²) in [6.07, 6.45) is 1.02. The fraction of sp³-hybridized carbons (Fsp3) is 0.211. The van der Waals surface area contributed by atoms with E-state index in [-0.39, 0.29) is 5.56 Å². The van der Waals surface area contributed by atoms with Gasteiger partial charge in [-0.3, -0.25) is 9.52 Å². The van der Waals surface area contributed by atoms with Crippen LogP contribution in [-0.4, -0.2) is 43.3 Å². The van der Waals surface area contributed by atoms with E-state index < -0.39 is 43.3 Å². The predicted molar refractivity (Wildman–Crippen MR) is 124 cm³/mol. The summed E-state index contributed by atoms with van der Waals surface area (Å²) in [6, 6.07) is 5.80. The van der Waals surface area contributed by atoms with Crippen molar-refractivity contribution in [1.29, 1.82) is 0 Å². The maximum absolute atomic E-state index is 14.6. The normalized spacial score (nSPS) is 11.3. The molecule has 176 valence electrons. The molecule has 33 heavy (non-hydrogen) atoms. The van der Waals surface area contributed by atoms with Gasteiger partial charge in [0.2, 0.25) is 4.34 Å². The molecule has 0 aliphatic rings. The number of rotatable bonds is 10. The molecular weight excluding hydrogens is 498 g/mol. The quantitative estimate of drug-likeness (QED) is 0.304. The van der Waals surface area contributed by atoms with Gasteiger partial charge in [0, 0.05) is 35.9 Å². The van der Waals surface area contributed by atoms with Crippen LogP contribution in [0.5, 0.6) is 0 Å². The lowest BCUT2D eigenvalue weighted by Gasteiger charge is -2.14. The standard InChI is InChI=1S/C19H19ClF2N6O3S2/c1-2-23-5-6-24-15-7-11(20)3-4-12(15)18(29)27-16-8-14(22)17(9-13(16)21)28-33(30,31)19-25-10-26-32-19/h3-4,7-10,23-24,28H,2,5-6H2,1H3,(H,27,29). The number of carbonyl (C=O) groups is 1. The Kier molecular flexibility index (Phi) is 8.13. The molecule has 0 spiro atoms. The first-order valence-electron chi connectivity index (χ1n) is 9.55. The summed E-state index contributed by atoms with van der Waals surface area (Å²) in [7, 11) is -4.24. The van der Waals surface area contributed by atoms with Crippen molar-refractivity contribution in [1.82, 2.24) is 14.7 Å². The van der Waals surface area contributed by atoms with Crippen molar-refractivity contribution in [2.45, 2.75) is 11.3 Å². The fourth-order valence-corrected chi connectivity index (χ4v) is 4.52. The largest absolute Gasteiger partial charge is 0.383 e. The van der Waals surface area contributed by atoms with E-state index in [1.807, 2.05) is 11.6 Å². The first-order valence-corrected chi connectivity index (χ1v) is 12.2. The maximum Gasteiger partial charge on any atom is 0.290 e. The molecule has 0 aliphatic heterocycles. The van der Waals surface area contributed by atoms with Gasteiger partial charge in [-0.2, -0.15) is 12.8 Å². The summed E-state index contributed by atoms with van der Waals surface area (Å²) in [6.45, 7) is 3.87. The minimum atomic E-state index is -4.24. The summed E-state index contributed by atoms with van der Waals surface area (Å²) in [5.41, 5.74) is -0.528. The van der Waals surface area contributed by atoms with Crippen molar-refractivity contribution in [3.05, 3.63) is 58.9 Å². The molecular formula is C19H19ClF2N6O3S2. The van der Waals surface area contributed by atoms with Gasteiger partial charge in [0.15, 0.2) is 0 Å². The lowest BCUT2D eigenvalue weighted by Crippen LogP contribution is -2.23. The second-order valence-corrected chi connectivity index (χ2v) is 9.62. The molecule has 0 atom stereocenters. The number of hydrogen-bond donors (Lipinski definition) is 4. The van der Waals surface area contributed by atoms with E-state index in [9.17, 15) is 22.0 Å². The van der Waals surface area contributed by atoms with Crippen molar-refractivity contribution in [3.63, 3.8) is 0 Å². The number of amides is 1. The molecule has 3 aromatic rings. The van der Waals surface area contributed by atoms with Gasteiger partial charge < -0.3 is 16.0 Å².